The number of carbonyl (C=O) groups excluding carboxylic acids is 1. The third-order valence-electron chi connectivity index (χ3n) is 2.60. The van der Waals surface area contributed by atoms with Crippen molar-refractivity contribution in [3.63, 3.8) is 0 Å². The van der Waals surface area contributed by atoms with Crippen molar-refractivity contribution in [2.75, 3.05) is 13.7 Å². The van der Waals surface area contributed by atoms with Crippen molar-refractivity contribution < 1.29 is 14.6 Å². The van der Waals surface area contributed by atoms with Crippen LogP contribution < -0.4 is 5.32 Å². The van der Waals surface area contributed by atoms with Crippen LogP contribution >= 0.6 is 11.3 Å². The first kappa shape index (κ1) is 14.2. The van der Waals surface area contributed by atoms with E-state index in [1.807, 2.05) is 23.8 Å². The van der Waals surface area contributed by atoms with Crippen LogP contribution in [0.15, 0.2) is 16.8 Å². The molecule has 1 amide bonds. The van der Waals surface area contributed by atoms with E-state index in [9.17, 15) is 9.90 Å². The summed E-state index contributed by atoms with van der Waals surface area (Å²) in [6, 6.07) is 1.86. The molecule has 2 N–H and O–H groups in total. The molecule has 1 heterocycles. The van der Waals surface area contributed by atoms with Gasteiger partial charge < -0.3 is 15.2 Å². The quantitative estimate of drug-likeness (QED) is 0.782. The fourth-order valence-corrected chi connectivity index (χ4v) is 2.04. The fraction of sp³-hybridized carbons (Fsp3) is 0.583. The summed E-state index contributed by atoms with van der Waals surface area (Å²) in [5, 5.41) is 16.2. The molecule has 0 fully saturated rings. The molecule has 1 aromatic heterocycles. The van der Waals surface area contributed by atoms with E-state index in [4.69, 9.17) is 4.74 Å². The molecule has 0 aliphatic heterocycles. The van der Waals surface area contributed by atoms with Gasteiger partial charge in [-0.25, -0.2) is 0 Å². The molecule has 2 atom stereocenters. The zero-order chi connectivity index (χ0) is 12.7. The maximum atomic E-state index is 11.5. The van der Waals surface area contributed by atoms with E-state index < -0.39 is 6.10 Å². The van der Waals surface area contributed by atoms with E-state index in [1.54, 1.807) is 7.11 Å². The second-order valence-corrected chi connectivity index (χ2v) is 4.74. The molecule has 0 aromatic carbocycles. The monoisotopic (exact) mass is 257 g/mol. The van der Waals surface area contributed by atoms with Gasteiger partial charge in [0.25, 0.3) is 0 Å². The Hall–Kier alpha value is -0.910. The van der Waals surface area contributed by atoms with Crippen LogP contribution in [0.2, 0.25) is 0 Å². The molecule has 4 nitrogen and oxygen atoms in total. The summed E-state index contributed by atoms with van der Waals surface area (Å²) in [6.07, 6.45) is 0.579. The van der Waals surface area contributed by atoms with Crippen molar-refractivity contribution in [2.24, 2.45) is 0 Å². The highest BCUT2D eigenvalue weighted by molar-refractivity contribution is 7.07. The van der Waals surface area contributed by atoms with Gasteiger partial charge >= 0.3 is 0 Å². The number of methoxy groups -OCH3 is 1. The van der Waals surface area contributed by atoms with E-state index in [2.05, 4.69) is 5.32 Å². The Labute approximate surface area is 106 Å². The number of nitrogens with one attached hydrogen (secondary N) is 1. The first-order valence-electron chi connectivity index (χ1n) is 5.63. The minimum absolute atomic E-state index is 0.0526. The summed E-state index contributed by atoms with van der Waals surface area (Å²) in [5.74, 6) is -0.0526. The highest BCUT2D eigenvalue weighted by Gasteiger charge is 2.10. The van der Waals surface area contributed by atoms with Crippen LogP contribution in [-0.4, -0.2) is 30.8 Å². The second-order valence-electron chi connectivity index (χ2n) is 3.96. The van der Waals surface area contributed by atoms with Crippen LogP contribution in [0, 0.1) is 0 Å². The third kappa shape index (κ3) is 5.30. The number of rotatable bonds is 7. The Kier molecular flexibility index (Phi) is 6.18. The van der Waals surface area contributed by atoms with Gasteiger partial charge in [-0.2, -0.15) is 11.3 Å². The van der Waals surface area contributed by atoms with Crippen LogP contribution in [0.5, 0.6) is 0 Å². The molecule has 0 radical (unpaired) electrons. The molecule has 1 rings (SSSR count). The summed E-state index contributed by atoms with van der Waals surface area (Å²) < 4.78 is 5.06. The number of ether oxygens (including phenoxy) is 1. The van der Waals surface area contributed by atoms with Gasteiger partial charge in [-0.1, -0.05) is 0 Å². The van der Waals surface area contributed by atoms with Crippen LogP contribution in [0.4, 0.5) is 0 Å². The van der Waals surface area contributed by atoms with Gasteiger partial charge in [0.1, 0.15) is 0 Å². The molecule has 2 unspecified atom stereocenters. The van der Waals surface area contributed by atoms with Crippen LogP contribution in [0.1, 0.15) is 31.4 Å². The molecule has 0 saturated heterocycles. The highest BCUT2D eigenvalue weighted by atomic mass is 32.1. The van der Waals surface area contributed by atoms with Crippen LogP contribution in [0.3, 0.4) is 0 Å². The average Bonchev–Trinajstić information content (AvgIpc) is 2.86. The standard InChI is InChI=1S/C12H19NO3S/c1-9(16-2)3-4-12(15)13-7-11(14)10-5-6-17-8-10/h5-6,8-9,11,14H,3-4,7H2,1-2H3,(H,13,15). The van der Waals surface area contributed by atoms with E-state index in [0.717, 1.165) is 5.56 Å². The van der Waals surface area contributed by atoms with Crippen LogP contribution in [-0.2, 0) is 9.53 Å². The predicted octanol–water partition coefficient (Wildman–Crippen LogP) is 1.71. The Bertz CT molecular complexity index is 327. The molecule has 96 valence electrons. The Morgan fingerprint density at radius 3 is 3.00 bits per heavy atom. The average molecular weight is 257 g/mol. The molecule has 5 heteroatoms. The summed E-state index contributed by atoms with van der Waals surface area (Å²) >= 11 is 1.53. The van der Waals surface area contributed by atoms with Gasteiger partial charge in [0, 0.05) is 20.1 Å². The summed E-state index contributed by atoms with van der Waals surface area (Å²) in [6.45, 7) is 2.18. The minimum atomic E-state index is -0.620. The molecular formula is C12H19NO3S. The second kappa shape index (κ2) is 7.42. The first-order valence-corrected chi connectivity index (χ1v) is 6.57. The Balaban J connectivity index is 2.19. The smallest absolute Gasteiger partial charge is 0.220 e. The lowest BCUT2D eigenvalue weighted by Crippen LogP contribution is -2.28. The Morgan fingerprint density at radius 2 is 2.41 bits per heavy atom. The zero-order valence-corrected chi connectivity index (χ0v) is 11.0. The maximum Gasteiger partial charge on any atom is 0.220 e. The van der Waals surface area contributed by atoms with Gasteiger partial charge in [0.15, 0.2) is 0 Å². The summed E-state index contributed by atoms with van der Waals surface area (Å²) in [4.78, 5) is 11.5. The third-order valence-corrected chi connectivity index (χ3v) is 3.30. The molecule has 0 aliphatic rings. The number of hydrogen-bond donors (Lipinski definition) is 2. The SMILES string of the molecule is COC(C)CCC(=O)NCC(O)c1ccsc1. The zero-order valence-electron chi connectivity index (χ0n) is 10.2. The molecular weight excluding hydrogens is 238 g/mol. The molecule has 0 aliphatic carbocycles. The van der Waals surface area contributed by atoms with Gasteiger partial charge in [0.2, 0.25) is 5.91 Å². The van der Waals surface area contributed by atoms with Crippen molar-refractivity contribution in [2.45, 2.75) is 32.0 Å². The predicted molar refractivity (Wildman–Crippen MR) is 68.0 cm³/mol. The lowest BCUT2D eigenvalue weighted by Gasteiger charge is -2.12. The molecule has 1 aromatic rings. The maximum absolute atomic E-state index is 11.5. The molecule has 0 saturated carbocycles. The van der Waals surface area contributed by atoms with Crippen molar-refractivity contribution >= 4 is 17.2 Å². The van der Waals surface area contributed by atoms with E-state index in [1.165, 1.54) is 11.3 Å². The van der Waals surface area contributed by atoms with Crippen LogP contribution in [0.25, 0.3) is 0 Å². The Morgan fingerprint density at radius 1 is 1.65 bits per heavy atom. The van der Waals surface area contributed by atoms with Gasteiger partial charge in [-0.15, -0.1) is 0 Å². The number of carbonyl (C=O) groups is 1. The van der Waals surface area contributed by atoms with E-state index >= 15 is 0 Å². The van der Waals surface area contributed by atoms with Crippen molar-refractivity contribution in [1.29, 1.82) is 0 Å². The molecule has 0 spiro atoms. The van der Waals surface area contributed by atoms with Gasteiger partial charge in [-0.05, 0) is 35.7 Å². The minimum Gasteiger partial charge on any atom is -0.387 e. The summed E-state index contributed by atoms with van der Waals surface area (Å²) in [5.41, 5.74) is 0.848. The normalized spacial score (nSPS) is 14.3. The number of aliphatic hydroxyl groups excluding tert-OH is 1. The molecule has 17 heavy (non-hydrogen) atoms. The summed E-state index contributed by atoms with van der Waals surface area (Å²) in [7, 11) is 1.63. The van der Waals surface area contributed by atoms with E-state index in [0.29, 0.717) is 12.8 Å². The largest absolute Gasteiger partial charge is 0.387 e. The number of hydrogen-bond acceptors (Lipinski definition) is 4. The van der Waals surface area contributed by atoms with Crippen molar-refractivity contribution in [3.8, 4) is 0 Å². The fourth-order valence-electron chi connectivity index (χ4n) is 1.33. The molecule has 0 bridgehead atoms. The lowest BCUT2D eigenvalue weighted by atomic mass is 10.2. The van der Waals surface area contributed by atoms with Gasteiger partial charge in [0.05, 0.1) is 12.2 Å². The topological polar surface area (TPSA) is 58.6 Å². The van der Waals surface area contributed by atoms with E-state index in [-0.39, 0.29) is 18.6 Å². The van der Waals surface area contributed by atoms with Gasteiger partial charge in [-0.3, -0.25) is 4.79 Å². The van der Waals surface area contributed by atoms with Crippen molar-refractivity contribution in [1.82, 2.24) is 5.32 Å². The number of aliphatic hydroxyl groups is 1. The number of amides is 1. The number of thiophene rings is 1. The lowest BCUT2D eigenvalue weighted by molar-refractivity contribution is -0.122. The highest BCUT2D eigenvalue weighted by Crippen LogP contribution is 2.15. The van der Waals surface area contributed by atoms with Crippen molar-refractivity contribution in [3.05, 3.63) is 22.4 Å². The first-order chi connectivity index (χ1) is 8.13.